The molecule has 1 fully saturated rings. The van der Waals surface area contributed by atoms with Gasteiger partial charge in [-0.05, 0) is 24.4 Å². The summed E-state index contributed by atoms with van der Waals surface area (Å²) in [4.78, 5) is 21.3. The average molecular weight is 405 g/mol. The number of thioether (sulfide) groups is 1. The van der Waals surface area contributed by atoms with Crippen LogP contribution < -0.4 is 5.43 Å². The van der Waals surface area contributed by atoms with Crippen molar-refractivity contribution < 1.29 is 19.8 Å². The van der Waals surface area contributed by atoms with Crippen LogP contribution in [0, 0.1) is 7.91 Å². The number of thiocarbonyl (C=S) groups is 1. The number of hydrazine groups is 1. The third-order valence-electron chi connectivity index (χ3n) is 1.87. The van der Waals surface area contributed by atoms with Gasteiger partial charge in [-0.2, -0.15) is 5.01 Å². The minimum Gasteiger partial charge on any atom is -0.480 e. The first-order valence-corrected chi connectivity index (χ1v) is 8.33. The fraction of sp³-hybridized carbons (Fsp3) is 0.286. The van der Waals surface area contributed by atoms with E-state index < -0.39 is 22.7 Å². The van der Waals surface area contributed by atoms with E-state index in [0.717, 1.165) is 16.8 Å². The summed E-state index contributed by atoms with van der Waals surface area (Å²) in [6.07, 6.45) is 0. The zero-order valence-corrected chi connectivity index (χ0v) is 14.8. The number of hydrogen-bond acceptors (Lipinski definition) is 9. The Balaban J connectivity index is 0.000000262. The Morgan fingerprint density at radius 2 is 1.67 bits per heavy atom. The van der Waals surface area contributed by atoms with Crippen LogP contribution in [0.2, 0.25) is 0 Å². The molecule has 5 N–H and O–H groups in total. The molecular formula is C7H8N4O4S6. The molecule has 14 heteroatoms. The molecule has 0 amide bonds. The lowest BCUT2D eigenvalue weighted by Crippen LogP contribution is -2.52. The zero-order chi connectivity index (χ0) is 16.2. The van der Waals surface area contributed by atoms with E-state index in [1.54, 1.807) is 0 Å². The highest BCUT2D eigenvalue weighted by Crippen LogP contribution is 2.27. The Bertz CT molecular complexity index is 613. The summed E-state index contributed by atoms with van der Waals surface area (Å²) in [6.45, 7) is 0. The van der Waals surface area contributed by atoms with Crippen molar-refractivity contribution in [1.82, 2.24) is 20.6 Å². The fourth-order valence-corrected chi connectivity index (χ4v) is 3.98. The lowest BCUT2D eigenvalue weighted by atomic mass is 10.3. The second-order valence-corrected chi connectivity index (χ2v) is 8.21. The maximum atomic E-state index is 10.6. The van der Waals surface area contributed by atoms with Crippen LogP contribution in [0.3, 0.4) is 0 Å². The fourth-order valence-electron chi connectivity index (χ4n) is 1.11. The van der Waals surface area contributed by atoms with E-state index >= 15 is 0 Å². The third-order valence-corrected chi connectivity index (χ3v) is 4.84. The first kappa shape index (κ1) is 18.5. The van der Waals surface area contributed by atoms with Crippen molar-refractivity contribution in [3.05, 3.63) is 7.91 Å². The van der Waals surface area contributed by atoms with Crippen molar-refractivity contribution in [3.8, 4) is 0 Å². The predicted molar refractivity (Wildman–Crippen MR) is 91.7 cm³/mol. The first-order chi connectivity index (χ1) is 9.72. The first-order valence-electron chi connectivity index (χ1n) is 4.89. The molecule has 0 radical (unpaired) electrons. The van der Waals surface area contributed by atoms with Crippen LogP contribution in [0.15, 0.2) is 0 Å². The monoisotopic (exact) mass is 404 g/mol. The van der Waals surface area contributed by atoms with Gasteiger partial charge in [0.05, 0.1) is 0 Å². The van der Waals surface area contributed by atoms with Gasteiger partial charge in [-0.15, -0.1) is 12.6 Å². The summed E-state index contributed by atoms with van der Waals surface area (Å²) in [5, 5.41) is 23.6. The van der Waals surface area contributed by atoms with Crippen LogP contribution >= 0.6 is 72.4 Å². The molecule has 2 heterocycles. The molecule has 0 aromatic carbocycles. The quantitative estimate of drug-likeness (QED) is 0.251. The van der Waals surface area contributed by atoms with Gasteiger partial charge in [-0.25, -0.2) is 9.59 Å². The highest BCUT2D eigenvalue weighted by atomic mass is 32.2. The number of rotatable bonds is 3. The van der Waals surface area contributed by atoms with Gasteiger partial charge in [0.1, 0.15) is 4.71 Å². The van der Waals surface area contributed by atoms with Gasteiger partial charge in [-0.3, -0.25) is 10.2 Å². The number of carboxylic acid groups (broad SMARTS) is 2. The molecule has 1 aromatic heterocycles. The number of carboxylic acids is 2. The molecule has 1 atom stereocenters. The molecule has 0 bridgehead atoms. The number of thiol groups is 1. The molecule has 1 saturated heterocycles. The predicted octanol–water partition coefficient (Wildman–Crippen LogP) is 1.44. The van der Waals surface area contributed by atoms with Crippen LogP contribution in [0.1, 0.15) is 0 Å². The van der Waals surface area contributed by atoms with Gasteiger partial charge in [0.15, 0.2) is 12.2 Å². The maximum absolute atomic E-state index is 10.6. The van der Waals surface area contributed by atoms with E-state index in [1.807, 2.05) is 0 Å². The molecule has 0 saturated carbocycles. The lowest BCUT2D eigenvalue weighted by Gasteiger charge is -2.22. The molecule has 8 nitrogen and oxygen atoms in total. The minimum absolute atomic E-state index is 0.303. The molecule has 1 unspecified atom stereocenters. The summed E-state index contributed by atoms with van der Waals surface area (Å²) in [5.41, 5.74) is 2.46. The maximum Gasteiger partial charge on any atom is 0.334 e. The number of H-pyrrole nitrogens is 2. The van der Waals surface area contributed by atoms with Crippen molar-refractivity contribution in [2.45, 2.75) is 10.7 Å². The SMILES string of the molecule is O=C(O)C(C(=O)O)N1NC(=S)SC1S.S=c1[nH][nH]c(=S)s1. The van der Waals surface area contributed by atoms with Crippen LogP contribution in [-0.4, -0.2) is 52.4 Å². The summed E-state index contributed by atoms with van der Waals surface area (Å²) in [6, 6.07) is -1.69. The molecule has 0 aliphatic carbocycles. The van der Waals surface area contributed by atoms with Crippen LogP contribution in [0.4, 0.5) is 0 Å². The van der Waals surface area contributed by atoms with Crippen LogP contribution in [-0.2, 0) is 9.59 Å². The Kier molecular flexibility index (Phi) is 7.25. The molecule has 116 valence electrons. The Morgan fingerprint density at radius 1 is 1.19 bits per heavy atom. The van der Waals surface area contributed by atoms with Crippen molar-refractivity contribution >= 4 is 88.6 Å². The number of nitrogens with one attached hydrogen (secondary N) is 3. The average Bonchev–Trinajstić information content (AvgIpc) is 2.85. The second-order valence-electron chi connectivity index (χ2n) is 3.26. The van der Waals surface area contributed by atoms with Gasteiger partial charge in [0.2, 0.25) is 6.04 Å². The van der Waals surface area contributed by atoms with Gasteiger partial charge in [-0.1, -0.05) is 35.3 Å². The normalized spacial score (nSPS) is 18.0. The number of hydrogen-bond donors (Lipinski definition) is 6. The number of aromatic nitrogens is 2. The third kappa shape index (κ3) is 5.65. The standard InChI is InChI=1S/C5H6N2O4S3.C2H2N2S3/c8-2(9)1(3(10)11)7-5(13)14-4(12)6-7;5-1-3-4-2(6)7-1/h1,5,13H,(H,6,12)(H,8,9)(H,10,11);(H,3,5)(H,4,6). The molecule has 2 rings (SSSR count). The Hall–Kier alpha value is -0.510. The molecule has 0 spiro atoms. The lowest BCUT2D eigenvalue weighted by molar-refractivity contribution is -0.157. The Labute approximate surface area is 147 Å². The van der Waals surface area contributed by atoms with Gasteiger partial charge in [0, 0.05) is 0 Å². The van der Waals surface area contributed by atoms with Crippen molar-refractivity contribution in [2.24, 2.45) is 0 Å². The Morgan fingerprint density at radius 3 is 1.90 bits per heavy atom. The molecule has 1 aliphatic heterocycles. The summed E-state index contributed by atoms with van der Waals surface area (Å²) >= 11 is 20.6. The van der Waals surface area contributed by atoms with E-state index in [4.69, 9.17) is 46.9 Å². The number of aliphatic carboxylic acids is 2. The van der Waals surface area contributed by atoms with Gasteiger partial charge >= 0.3 is 11.9 Å². The minimum atomic E-state index is -1.69. The summed E-state index contributed by atoms with van der Waals surface area (Å²) < 4.78 is 1.09. The van der Waals surface area contributed by atoms with Crippen LogP contribution in [0.5, 0.6) is 0 Å². The smallest absolute Gasteiger partial charge is 0.334 e. The topological polar surface area (TPSA) is 121 Å². The largest absolute Gasteiger partial charge is 0.480 e. The zero-order valence-electron chi connectivity index (χ0n) is 9.80. The summed E-state index contributed by atoms with van der Waals surface area (Å²) in [7, 11) is 0. The highest BCUT2D eigenvalue weighted by molar-refractivity contribution is 8.28. The van der Waals surface area contributed by atoms with Crippen molar-refractivity contribution in [3.63, 3.8) is 0 Å². The van der Waals surface area contributed by atoms with Crippen LogP contribution in [0.25, 0.3) is 0 Å². The van der Waals surface area contributed by atoms with Crippen molar-refractivity contribution in [2.75, 3.05) is 0 Å². The highest BCUT2D eigenvalue weighted by Gasteiger charge is 2.40. The van der Waals surface area contributed by atoms with E-state index in [0.29, 0.717) is 12.2 Å². The number of carbonyl (C=O) groups is 2. The molecular weight excluding hydrogens is 397 g/mol. The van der Waals surface area contributed by atoms with Gasteiger partial charge in [0.25, 0.3) is 0 Å². The van der Waals surface area contributed by atoms with E-state index in [-0.39, 0.29) is 0 Å². The second kappa shape index (κ2) is 8.21. The molecule has 1 aliphatic rings. The van der Waals surface area contributed by atoms with E-state index in [9.17, 15) is 9.59 Å². The van der Waals surface area contributed by atoms with E-state index in [1.165, 1.54) is 11.3 Å². The van der Waals surface area contributed by atoms with Gasteiger partial charge < -0.3 is 15.6 Å². The van der Waals surface area contributed by atoms with E-state index in [2.05, 4.69) is 28.3 Å². The van der Waals surface area contributed by atoms with Crippen molar-refractivity contribution in [1.29, 1.82) is 0 Å². The number of nitrogens with zero attached hydrogens (tertiary/aromatic N) is 1. The molecule has 21 heavy (non-hydrogen) atoms. The number of aromatic amines is 2. The summed E-state index contributed by atoms with van der Waals surface area (Å²) in [5.74, 6) is -2.93. The molecule has 1 aromatic rings.